The van der Waals surface area contributed by atoms with E-state index in [-0.39, 0.29) is 13.2 Å². The molecule has 0 saturated heterocycles. The van der Waals surface area contributed by atoms with Crippen LogP contribution in [-0.4, -0.2) is 34.5 Å². The minimum absolute atomic E-state index is 0.196. The lowest BCUT2D eigenvalue weighted by Gasteiger charge is -2.14. The molecular weight excluding hydrogens is 206 g/mol. The van der Waals surface area contributed by atoms with E-state index in [4.69, 9.17) is 27.5 Å². The maximum absolute atomic E-state index is 8.81. The molecule has 0 radical (unpaired) electrons. The third kappa shape index (κ3) is 2.73. The number of aliphatic hydroxyl groups excluding tert-OH is 2. The number of halogens is 1. The molecule has 0 bridgehead atoms. The highest BCUT2D eigenvalue weighted by Crippen LogP contribution is 2.21. The summed E-state index contributed by atoms with van der Waals surface area (Å²) in [6, 6.07) is 1.08. The van der Waals surface area contributed by atoms with Gasteiger partial charge in [-0.05, 0) is 6.07 Å². The van der Waals surface area contributed by atoms with Crippen LogP contribution in [0.5, 0.6) is 0 Å². The molecule has 0 aliphatic rings. The largest absolute Gasteiger partial charge is 0.397 e. The normalized spacial score (nSPS) is 10.6. The number of hydrogen-bond donors (Lipinski definition) is 4. The number of hydrogen-bond acceptors (Lipinski definition) is 5. The highest BCUT2D eigenvalue weighted by atomic mass is 35.5. The molecule has 0 fully saturated rings. The molecule has 1 aromatic heterocycles. The quantitative estimate of drug-likeness (QED) is 0.574. The summed E-state index contributed by atoms with van der Waals surface area (Å²) >= 11 is 5.82. The molecule has 5 N–H and O–H groups in total. The lowest BCUT2D eigenvalue weighted by Crippen LogP contribution is -2.28. The lowest BCUT2D eigenvalue weighted by molar-refractivity contribution is 0.203. The van der Waals surface area contributed by atoms with Gasteiger partial charge in [-0.15, -0.1) is 0 Å². The molecule has 0 amide bonds. The van der Waals surface area contributed by atoms with Crippen LogP contribution < -0.4 is 11.1 Å². The van der Waals surface area contributed by atoms with Crippen molar-refractivity contribution in [2.45, 2.75) is 6.04 Å². The number of pyridine rings is 1. The molecule has 0 atom stereocenters. The van der Waals surface area contributed by atoms with Crippen LogP contribution >= 0.6 is 11.6 Å². The second kappa shape index (κ2) is 4.99. The van der Waals surface area contributed by atoms with Crippen molar-refractivity contribution in [1.29, 1.82) is 0 Å². The molecule has 0 aromatic carbocycles. The van der Waals surface area contributed by atoms with Gasteiger partial charge in [0, 0.05) is 0 Å². The van der Waals surface area contributed by atoms with Gasteiger partial charge in [0.15, 0.2) is 0 Å². The Morgan fingerprint density at radius 2 is 2.14 bits per heavy atom. The zero-order chi connectivity index (χ0) is 10.6. The molecule has 1 aromatic rings. The SMILES string of the molecule is Nc1cnc(NC(CO)CO)c(Cl)c1. The predicted octanol–water partition coefficient (Wildman–Crippen LogP) is 0.0823. The summed E-state index contributed by atoms with van der Waals surface area (Å²) in [5.41, 5.74) is 5.91. The van der Waals surface area contributed by atoms with Crippen LogP contribution in [0.2, 0.25) is 5.02 Å². The topological polar surface area (TPSA) is 91.4 Å². The molecule has 1 rings (SSSR count). The van der Waals surface area contributed by atoms with E-state index in [1.807, 2.05) is 0 Å². The van der Waals surface area contributed by atoms with Crippen LogP contribution in [0.25, 0.3) is 0 Å². The van der Waals surface area contributed by atoms with E-state index >= 15 is 0 Å². The third-order valence-corrected chi connectivity index (χ3v) is 1.93. The first-order valence-corrected chi connectivity index (χ1v) is 4.44. The first-order chi connectivity index (χ1) is 6.67. The molecule has 0 spiro atoms. The molecular formula is C8H12ClN3O2. The molecule has 6 heteroatoms. The number of aromatic nitrogens is 1. The fourth-order valence-electron chi connectivity index (χ4n) is 0.901. The first kappa shape index (κ1) is 11.0. The van der Waals surface area contributed by atoms with E-state index in [1.54, 1.807) is 6.07 Å². The summed E-state index contributed by atoms with van der Waals surface area (Å²) in [7, 11) is 0. The van der Waals surface area contributed by atoms with Crippen molar-refractivity contribution in [3.05, 3.63) is 17.3 Å². The van der Waals surface area contributed by atoms with E-state index in [9.17, 15) is 0 Å². The van der Waals surface area contributed by atoms with Crippen LogP contribution in [0, 0.1) is 0 Å². The average Bonchev–Trinajstić information content (AvgIpc) is 2.17. The highest BCUT2D eigenvalue weighted by Gasteiger charge is 2.08. The Bertz CT molecular complexity index is 305. The summed E-state index contributed by atoms with van der Waals surface area (Å²) in [5, 5.41) is 20.8. The van der Waals surface area contributed by atoms with Crippen LogP contribution in [0.4, 0.5) is 11.5 Å². The Balaban J connectivity index is 2.76. The van der Waals surface area contributed by atoms with E-state index in [0.29, 0.717) is 16.5 Å². The Hall–Kier alpha value is -1.04. The summed E-state index contributed by atoms with van der Waals surface area (Å²) in [4.78, 5) is 3.92. The van der Waals surface area contributed by atoms with Gasteiger partial charge in [0.05, 0.1) is 36.2 Å². The van der Waals surface area contributed by atoms with Gasteiger partial charge in [0.1, 0.15) is 5.82 Å². The lowest BCUT2D eigenvalue weighted by atomic mass is 10.3. The van der Waals surface area contributed by atoms with E-state index in [2.05, 4.69) is 10.3 Å². The number of anilines is 2. The van der Waals surface area contributed by atoms with Gasteiger partial charge in [-0.1, -0.05) is 11.6 Å². The third-order valence-electron chi connectivity index (χ3n) is 1.64. The van der Waals surface area contributed by atoms with Crippen molar-refractivity contribution in [1.82, 2.24) is 4.98 Å². The number of rotatable bonds is 4. The van der Waals surface area contributed by atoms with Crippen molar-refractivity contribution in [2.24, 2.45) is 0 Å². The maximum Gasteiger partial charge on any atom is 0.145 e. The predicted molar refractivity (Wildman–Crippen MR) is 55.2 cm³/mol. The monoisotopic (exact) mass is 217 g/mol. The number of nitrogen functional groups attached to an aromatic ring is 1. The smallest absolute Gasteiger partial charge is 0.145 e. The molecule has 0 saturated carbocycles. The fraction of sp³-hybridized carbons (Fsp3) is 0.375. The second-order valence-corrected chi connectivity index (χ2v) is 3.21. The van der Waals surface area contributed by atoms with Crippen molar-refractivity contribution < 1.29 is 10.2 Å². The number of nitrogens with one attached hydrogen (secondary N) is 1. The number of nitrogens with two attached hydrogens (primary N) is 1. The van der Waals surface area contributed by atoms with Crippen LogP contribution in [-0.2, 0) is 0 Å². The zero-order valence-corrected chi connectivity index (χ0v) is 8.20. The average molecular weight is 218 g/mol. The van der Waals surface area contributed by atoms with Crippen LogP contribution in [0.3, 0.4) is 0 Å². The van der Waals surface area contributed by atoms with Gasteiger partial charge in [0.25, 0.3) is 0 Å². The maximum atomic E-state index is 8.81. The van der Waals surface area contributed by atoms with Gasteiger partial charge in [-0.2, -0.15) is 0 Å². The molecule has 0 unspecified atom stereocenters. The number of aliphatic hydroxyl groups is 2. The van der Waals surface area contributed by atoms with Crippen molar-refractivity contribution in [3.63, 3.8) is 0 Å². The van der Waals surface area contributed by atoms with Crippen molar-refractivity contribution in [3.8, 4) is 0 Å². The molecule has 0 aliphatic carbocycles. The molecule has 1 heterocycles. The van der Waals surface area contributed by atoms with E-state index in [0.717, 1.165) is 0 Å². The molecule has 14 heavy (non-hydrogen) atoms. The molecule has 0 aliphatic heterocycles. The summed E-state index contributed by atoms with van der Waals surface area (Å²) in [6.07, 6.45) is 1.44. The van der Waals surface area contributed by atoms with Gasteiger partial charge in [-0.3, -0.25) is 0 Å². The van der Waals surface area contributed by atoms with E-state index in [1.165, 1.54) is 6.20 Å². The Morgan fingerprint density at radius 3 is 2.64 bits per heavy atom. The minimum atomic E-state index is -0.469. The van der Waals surface area contributed by atoms with Gasteiger partial charge >= 0.3 is 0 Å². The van der Waals surface area contributed by atoms with Gasteiger partial charge < -0.3 is 21.3 Å². The zero-order valence-electron chi connectivity index (χ0n) is 7.44. The summed E-state index contributed by atoms with van der Waals surface area (Å²) in [5.74, 6) is 0.397. The van der Waals surface area contributed by atoms with Crippen molar-refractivity contribution >= 4 is 23.1 Å². The van der Waals surface area contributed by atoms with Gasteiger partial charge in [0.2, 0.25) is 0 Å². The van der Waals surface area contributed by atoms with Crippen LogP contribution in [0.1, 0.15) is 0 Å². The highest BCUT2D eigenvalue weighted by molar-refractivity contribution is 6.33. The standard InChI is InChI=1S/C8H12ClN3O2/c9-7-1-5(10)2-11-8(7)12-6(3-13)4-14/h1-2,6,13-14H,3-4,10H2,(H,11,12). The van der Waals surface area contributed by atoms with Crippen LogP contribution in [0.15, 0.2) is 12.3 Å². The molecule has 78 valence electrons. The first-order valence-electron chi connectivity index (χ1n) is 4.06. The second-order valence-electron chi connectivity index (χ2n) is 2.81. The van der Waals surface area contributed by atoms with Gasteiger partial charge in [-0.25, -0.2) is 4.98 Å². The molecule has 5 nitrogen and oxygen atoms in total. The Morgan fingerprint density at radius 1 is 1.50 bits per heavy atom. The minimum Gasteiger partial charge on any atom is -0.397 e. The van der Waals surface area contributed by atoms with Crippen molar-refractivity contribution in [2.75, 3.05) is 24.3 Å². The summed E-state index contributed by atoms with van der Waals surface area (Å²) < 4.78 is 0. The number of nitrogens with zero attached hydrogens (tertiary/aromatic N) is 1. The fourth-order valence-corrected chi connectivity index (χ4v) is 1.13. The van der Waals surface area contributed by atoms with E-state index < -0.39 is 6.04 Å². The Labute approximate surface area is 86.5 Å². The Kier molecular flexibility index (Phi) is 3.94. The summed E-state index contributed by atoms with van der Waals surface area (Å²) in [6.45, 7) is -0.391.